The van der Waals surface area contributed by atoms with Crippen molar-refractivity contribution in [3.8, 4) is 0 Å². The van der Waals surface area contributed by atoms with E-state index >= 15 is 0 Å². The van der Waals surface area contributed by atoms with Gasteiger partial charge in [0.1, 0.15) is 12.7 Å². The average Bonchev–Trinajstić information content (AvgIpc) is 2.29. The molecular weight excluding hydrogens is 274 g/mol. The number of nitrogens with one attached hydrogen (secondary N) is 1. The Morgan fingerprint density at radius 2 is 1.62 bits per heavy atom. The molecule has 21 heavy (non-hydrogen) atoms. The van der Waals surface area contributed by atoms with Gasteiger partial charge in [-0.05, 0) is 27.7 Å². The number of esters is 2. The number of ether oxygens (including phenoxy) is 2. The molecule has 0 bridgehead atoms. The molecule has 1 saturated heterocycles. The lowest BCUT2D eigenvalue weighted by Gasteiger charge is -2.45. The van der Waals surface area contributed by atoms with Gasteiger partial charge < -0.3 is 19.9 Å². The molecule has 6 nitrogen and oxygen atoms in total. The zero-order valence-electron chi connectivity index (χ0n) is 13.4. The van der Waals surface area contributed by atoms with E-state index in [1.165, 1.54) is 0 Å². The zero-order valence-corrected chi connectivity index (χ0v) is 13.4. The highest BCUT2D eigenvalue weighted by Crippen LogP contribution is 2.30. The second kappa shape index (κ2) is 7.22. The van der Waals surface area contributed by atoms with E-state index in [0.717, 1.165) is 12.8 Å². The molecule has 2 N–H and O–H groups in total. The molecule has 0 aromatic heterocycles. The standard InChI is InChI=1S/C15H27NO5/c1-14(2)9-11(10-15(3,4)16-14)21-13(19)6-5-12(18)20-8-7-17/h11,16-17H,5-10H2,1-4H3. The van der Waals surface area contributed by atoms with Gasteiger partial charge in [0.05, 0.1) is 19.4 Å². The van der Waals surface area contributed by atoms with Crippen LogP contribution in [0, 0.1) is 0 Å². The largest absolute Gasteiger partial charge is 0.463 e. The molecule has 1 heterocycles. The third kappa shape index (κ3) is 6.91. The molecule has 1 aliphatic rings. The van der Waals surface area contributed by atoms with Crippen LogP contribution in [0.3, 0.4) is 0 Å². The summed E-state index contributed by atoms with van der Waals surface area (Å²) in [4.78, 5) is 23.1. The van der Waals surface area contributed by atoms with Gasteiger partial charge in [-0.25, -0.2) is 0 Å². The Bertz CT molecular complexity index is 362. The normalized spacial score (nSPS) is 20.8. The first kappa shape index (κ1) is 17.9. The summed E-state index contributed by atoms with van der Waals surface area (Å²) >= 11 is 0. The highest BCUT2D eigenvalue weighted by molar-refractivity contribution is 5.77. The number of carbonyl (C=O) groups is 2. The highest BCUT2D eigenvalue weighted by Gasteiger charge is 2.39. The maximum Gasteiger partial charge on any atom is 0.306 e. The highest BCUT2D eigenvalue weighted by atomic mass is 16.5. The van der Waals surface area contributed by atoms with Crippen LogP contribution in [0.5, 0.6) is 0 Å². The topological polar surface area (TPSA) is 84.9 Å². The van der Waals surface area contributed by atoms with Crippen molar-refractivity contribution in [3.63, 3.8) is 0 Å². The van der Waals surface area contributed by atoms with Crippen molar-refractivity contribution in [3.05, 3.63) is 0 Å². The van der Waals surface area contributed by atoms with Gasteiger partial charge in [-0.15, -0.1) is 0 Å². The van der Waals surface area contributed by atoms with E-state index in [2.05, 4.69) is 33.0 Å². The monoisotopic (exact) mass is 301 g/mol. The predicted molar refractivity (Wildman–Crippen MR) is 77.7 cm³/mol. The van der Waals surface area contributed by atoms with E-state index in [-0.39, 0.29) is 49.2 Å². The summed E-state index contributed by atoms with van der Waals surface area (Å²) in [5.41, 5.74) is -0.181. The van der Waals surface area contributed by atoms with E-state index in [1.54, 1.807) is 0 Å². The van der Waals surface area contributed by atoms with Gasteiger partial charge in [-0.1, -0.05) is 0 Å². The van der Waals surface area contributed by atoms with Crippen LogP contribution in [-0.4, -0.2) is 47.4 Å². The first-order chi connectivity index (χ1) is 9.63. The molecule has 1 rings (SSSR count). The molecule has 0 aromatic rings. The van der Waals surface area contributed by atoms with E-state index in [4.69, 9.17) is 14.6 Å². The summed E-state index contributed by atoms with van der Waals surface area (Å²) in [6, 6.07) is 0. The predicted octanol–water partition coefficient (Wildman–Crippen LogP) is 1.15. The van der Waals surface area contributed by atoms with Gasteiger partial charge in [0.2, 0.25) is 0 Å². The first-order valence-corrected chi connectivity index (χ1v) is 7.39. The van der Waals surface area contributed by atoms with Crippen molar-refractivity contribution in [1.82, 2.24) is 5.32 Å². The summed E-state index contributed by atoms with van der Waals surface area (Å²) in [7, 11) is 0. The van der Waals surface area contributed by atoms with Gasteiger partial charge in [-0.2, -0.15) is 0 Å². The molecule has 0 radical (unpaired) electrons. The van der Waals surface area contributed by atoms with Crippen LogP contribution < -0.4 is 5.32 Å². The van der Waals surface area contributed by atoms with Crippen molar-refractivity contribution in [1.29, 1.82) is 0 Å². The molecule has 0 unspecified atom stereocenters. The molecule has 0 aromatic carbocycles. The van der Waals surface area contributed by atoms with Crippen LogP contribution in [0.25, 0.3) is 0 Å². The maximum absolute atomic E-state index is 11.8. The second-order valence-electron chi connectivity index (χ2n) is 6.86. The van der Waals surface area contributed by atoms with E-state index in [1.807, 2.05) is 0 Å². The lowest BCUT2D eigenvalue weighted by molar-refractivity contribution is -0.157. The molecule has 0 saturated carbocycles. The summed E-state index contributed by atoms with van der Waals surface area (Å²) in [5, 5.41) is 12.1. The number of hydrogen-bond acceptors (Lipinski definition) is 6. The van der Waals surface area contributed by atoms with Crippen molar-refractivity contribution in [2.45, 2.75) is 70.6 Å². The average molecular weight is 301 g/mol. The van der Waals surface area contributed by atoms with Gasteiger partial charge in [0.15, 0.2) is 0 Å². The lowest BCUT2D eigenvalue weighted by Crippen LogP contribution is -2.59. The zero-order chi connectivity index (χ0) is 16.1. The molecule has 6 heteroatoms. The van der Waals surface area contributed by atoms with Crippen LogP contribution in [0.4, 0.5) is 0 Å². The van der Waals surface area contributed by atoms with Crippen LogP contribution in [0.1, 0.15) is 53.4 Å². The molecule has 1 aliphatic heterocycles. The van der Waals surface area contributed by atoms with Crippen LogP contribution in [-0.2, 0) is 19.1 Å². The third-order valence-electron chi connectivity index (χ3n) is 3.34. The number of carbonyl (C=O) groups excluding carboxylic acids is 2. The minimum atomic E-state index is -0.494. The number of rotatable bonds is 6. The number of aliphatic hydroxyl groups is 1. The van der Waals surface area contributed by atoms with Crippen LogP contribution in [0.15, 0.2) is 0 Å². The first-order valence-electron chi connectivity index (χ1n) is 7.39. The summed E-state index contributed by atoms with van der Waals surface area (Å²) in [6.07, 6.45) is 1.34. The number of piperidine rings is 1. The van der Waals surface area contributed by atoms with Gasteiger partial charge >= 0.3 is 11.9 Å². The molecular formula is C15H27NO5. The van der Waals surface area contributed by atoms with E-state index in [0.29, 0.717) is 0 Å². The maximum atomic E-state index is 11.8. The van der Waals surface area contributed by atoms with Crippen molar-refractivity contribution >= 4 is 11.9 Å². The number of aliphatic hydroxyl groups excluding tert-OH is 1. The summed E-state index contributed by atoms with van der Waals surface area (Å²) in [6.45, 7) is 8.09. The fraction of sp³-hybridized carbons (Fsp3) is 0.867. The lowest BCUT2D eigenvalue weighted by atomic mass is 9.81. The molecule has 0 spiro atoms. The van der Waals surface area contributed by atoms with Crippen molar-refractivity contribution in [2.75, 3.05) is 13.2 Å². The SMILES string of the molecule is CC1(C)CC(OC(=O)CCC(=O)OCCO)CC(C)(C)N1. The molecule has 0 amide bonds. The Labute approximate surface area is 126 Å². The second-order valence-corrected chi connectivity index (χ2v) is 6.86. The van der Waals surface area contributed by atoms with E-state index in [9.17, 15) is 9.59 Å². The Hall–Kier alpha value is -1.14. The summed E-state index contributed by atoms with van der Waals surface area (Å²) < 4.78 is 10.2. The van der Waals surface area contributed by atoms with Crippen LogP contribution in [0.2, 0.25) is 0 Å². The van der Waals surface area contributed by atoms with Gasteiger partial charge in [-0.3, -0.25) is 9.59 Å². The fourth-order valence-corrected chi connectivity index (χ4v) is 2.99. The quantitative estimate of drug-likeness (QED) is 0.716. The molecule has 0 atom stereocenters. The Kier molecular flexibility index (Phi) is 6.16. The van der Waals surface area contributed by atoms with E-state index < -0.39 is 5.97 Å². The third-order valence-corrected chi connectivity index (χ3v) is 3.34. The molecule has 1 fully saturated rings. The summed E-state index contributed by atoms with van der Waals surface area (Å²) in [5.74, 6) is -0.874. The fourth-order valence-electron chi connectivity index (χ4n) is 2.99. The Balaban J connectivity index is 2.38. The van der Waals surface area contributed by atoms with Crippen molar-refractivity contribution < 1.29 is 24.2 Å². The minimum Gasteiger partial charge on any atom is -0.463 e. The Morgan fingerprint density at radius 1 is 1.10 bits per heavy atom. The Morgan fingerprint density at radius 3 is 2.14 bits per heavy atom. The molecule has 0 aliphatic carbocycles. The van der Waals surface area contributed by atoms with Crippen molar-refractivity contribution in [2.24, 2.45) is 0 Å². The smallest absolute Gasteiger partial charge is 0.306 e. The number of hydrogen-bond donors (Lipinski definition) is 2. The van der Waals surface area contributed by atoms with Crippen LogP contribution >= 0.6 is 0 Å². The van der Waals surface area contributed by atoms with Gasteiger partial charge in [0, 0.05) is 23.9 Å². The molecule has 122 valence electrons. The van der Waals surface area contributed by atoms with Gasteiger partial charge in [0.25, 0.3) is 0 Å². The minimum absolute atomic E-state index is 0.00898.